The van der Waals surface area contributed by atoms with E-state index in [9.17, 15) is 4.79 Å². The first-order valence-corrected chi connectivity index (χ1v) is 6.68. The molecule has 17 heavy (non-hydrogen) atoms. The van der Waals surface area contributed by atoms with Crippen molar-refractivity contribution in [2.75, 3.05) is 6.54 Å². The topological polar surface area (TPSA) is 29.1 Å². The second-order valence-electron chi connectivity index (χ2n) is 7.79. The fraction of sp³-hybridized carbons (Fsp3) is 0.933. The quantitative estimate of drug-likeness (QED) is 0.774. The third kappa shape index (κ3) is 6.70. The van der Waals surface area contributed by atoms with Crippen LogP contribution in [0, 0.1) is 16.2 Å². The van der Waals surface area contributed by atoms with Crippen LogP contribution in [0.4, 0.5) is 0 Å². The van der Waals surface area contributed by atoms with Crippen LogP contribution in [0.2, 0.25) is 0 Å². The molecule has 0 rings (SSSR count). The fourth-order valence-corrected chi connectivity index (χ4v) is 2.07. The number of amides is 1. The molecule has 0 atom stereocenters. The van der Waals surface area contributed by atoms with Gasteiger partial charge in [-0.15, -0.1) is 0 Å². The molecule has 2 heteroatoms. The zero-order valence-corrected chi connectivity index (χ0v) is 13.0. The Morgan fingerprint density at radius 1 is 0.941 bits per heavy atom. The molecule has 0 fully saturated rings. The first kappa shape index (κ1) is 16.5. The fourth-order valence-electron chi connectivity index (χ4n) is 2.07. The van der Waals surface area contributed by atoms with Gasteiger partial charge in [0.2, 0.25) is 5.91 Å². The summed E-state index contributed by atoms with van der Waals surface area (Å²) in [7, 11) is 0. The number of rotatable bonds is 5. The highest BCUT2D eigenvalue weighted by Crippen LogP contribution is 2.35. The van der Waals surface area contributed by atoms with E-state index in [1.165, 1.54) is 6.42 Å². The Morgan fingerprint density at radius 2 is 1.41 bits per heavy atom. The number of hydrogen-bond acceptors (Lipinski definition) is 1. The average molecular weight is 241 g/mol. The van der Waals surface area contributed by atoms with Gasteiger partial charge in [-0.25, -0.2) is 0 Å². The van der Waals surface area contributed by atoms with Crippen molar-refractivity contribution in [2.45, 2.75) is 68.2 Å². The van der Waals surface area contributed by atoms with E-state index < -0.39 is 0 Å². The zero-order valence-electron chi connectivity index (χ0n) is 13.0. The predicted octanol–water partition coefficient (Wildman–Crippen LogP) is 4.00. The highest BCUT2D eigenvalue weighted by molar-refractivity contribution is 5.81. The molecular formula is C15H31NO. The minimum Gasteiger partial charge on any atom is -0.355 e. The Balaban J connectivity index is 4.33. The van der Waals surface area contributed by atoms with Crippen LogP contribution in [0.15, 0.2) is 0 Å². The van der Waals surface area contributed by atoms with Crippen molar-refractivity contribution in [3.8, 4) is 0 Å². The van der Waals surface area contributed by atoms with Crippen molar-refractivity contribution >= 4 is 5.91 Å². The van der Waals surface area contributed by atoms with Crippen LogP contribution in [0.1, 0.15) is 68.2 Å². The maximum absolute atomic E-state index is 11.8. The average Bonchev–Trinajstić information content (AvgIpc) is 2.11. The van der Waals surface area contributed by atoms with Crippen LogP contribution >= 0.6 is 0 Å². The molecule has 0 aliphatic heterocycles. The molecule has 0 unspecified atom stereocenters. The van der Waals surface area contributed by atoms with Crippen LogP contribution in [-0.2, 0) is 4.79 Å². The van der Waals surface area contributed by atoms with E-state index in [1.54, 1.807) is 0 Å². The molecule has 0 aliphatic carbocycles. The molecule has 0 bridgehead atoms. The molecule has 0 saturated carbocycles. The Kier molecular flexibility index (Phi) is 5.24. The summed E-state index contributed by atoms with van der Waals surface area (Å²) in [4.78, 5) is 11.8. The summed E-state index contributed by atoms with van der Waals surface area (Å²) in [5, 5.41) is 3.07. The number of carbonyl (C=O) groups excluding carboxylic acids is 1. The Hall–Kier alpha value is -0.530. The summed E-state index contributed by atoms with van der Waals surface area (Å²) in [6.07, 6.45) is 2.30. The number of hydrogen-bond donors (Lipinski definition) is 1. The molecule has 102 valence electrons. The van der Waals surface area contributed by atoms with Crippen molar-refractivity contribution in [2.24, 2.45) is 16.2 Å². The van der Waals surface area contributed by atoms with Crippen molar-refractivity contribution in [1.82, 2.24) is 5.32 Å². The van der Waals surface area contributed by atoms with Crippen LogP contribution < -0.4 is 5.32 Å². The smallest absolute Gasteiger partial charge is 0.225 e. The van der Waals surface area contributed by atoms with E-state index in [0.717, 1.165) is 13.0 Å². The summed E-state index contributed by atoms with van der Waals surface area (Å²) >= 11 is 0. The SMILES string of the molecule is CCC(C)(C)CC(C)(C)CNC(=O)C(C)(C)C. The lowest BCUT2D eigenvalue weighted by atomic mass is 9.73. The van der Waals surface area contributed by atoms with E-state index in [1.807, 2.05) is 20.8 Å². The molecule has 0 aromatic heterocycles. The molecular weight excluding hydrogens is 210 g/mol. The lowest BCUT2D eigenvalue weighted by molar-refractivity contribution is -0.129. The van der Waals surface area contributed by atoms with E-state index in [-0.39, 0.29) is 16.7 Å². The number of nitrogens with one attached hydrogen (secondary N) is 1. The van der Waals surface area contributed by atoms with Crippen LogP contribution in [-0.4, -0.2) is 12.5 Å². The molecule has 0 aromatic rings. The molecule has 0 radical (unpaired) electrons. The van der Waals surface area contributed by atoms with Gasteiger partial charge in [0.1, 0.15) is 0 Å². The minimum atomic E-state index is -0.295. The molecule has 0 saturated heterocycles. The molecule has 1 amide bonds. The highest BCUT2D eigenvalue weighted by atomic mass is 16.2. The zero-order chi connectivity index (χ0) is 13.9. The van der Waals surface area contributed by atoms with Gasteiger partial charge in [-0.2, -0.15) is 0 Å². The van der Waals surface area contributed by atoms with Crippen LogP contribution in [0.25, 0.3) is 0 Å². The summed E-state index contributed by atoms with van der Waals surface area (Å²) in [5.41, 5.74) is 0.201. The van der Waals surface area contributed by atoms with Gasteiger partial charge in [0.05, 0.1) is 0 Å². The van der Waals surface area contributed by atoms with Gasteiger partial charge in [0, 0.05) is 12.0 Å². The second-order valence-corrected chi connectivity index (χ2v) is 7.79. The summed E-state index contributed by atoms with van der Waals surface area (Å²) in [6.45, 7) is 17.9. The molecule has 2 nitrogen and oxygen atoms in total. The third-order valence-corrected chi connectivity index (χ3v) is 3.32. The first-order valence-electron chi connectivity index (χ1n) is 6.68. The van der Waals surface area contributed by atoms with Gasteiger partial charge < -0.3 is 5.32 Å². The maximum Gasteiger partial charge on any atom is 0.225 e. The highest BCUT2D eigenvalue weighted by Gasteiger charge is 2.29. The summed E-state index contributed by atoms with van der Waals surface area (Å²) < 4.78 is 0. The van der Waals surface area contributed by atoms with E-state index in [4.69, 9.17) is 0 Å². The Morgan fingerprint density at radius 3 is 1.76 bits per heavy atom. The van der Waals surface area contributed by atoms with Gasteiger partial charge in [0.15, 0.2) is 0 Å². The van der Waals surface area contributed by atoms with Crippen molar-refractivity contribution < 1.29 is 4.79 Å². The van der Waals surface area contributed by atoms with Gasteiger partial charge in [-0.3, -0.25) is 4.79 Å². The second kappa shape index (κ2) is 5.41. The van der Waals surface area contributed by atoms with Crippen LogP contribution in [0.3, 0.4) is 0 Å². The normalized spacial score (nSPS) is 13.6. The maximum atomic E-state index is 11.8. The largest absolute Gasteiger partial charge is 0.355 e. The third-order valence-electron chi connectivity index (χ3n) is 3.32. The molecule has 0 heterocycles. The van der Waals surface area contributed by atoms with Crippen LogP contribution in [0.5, 0.6) is 0 Å². The van der Waals surface area contributed by atoms with E-state index >= 15 is 0 Å². The standard InChI is InChI=1S/C15H31NO/c1-9-14(5,6)10-15(7,8)11-16-12(17)13(2,3)4/h9-11H2,1-8H3,(H,16,17). The van der Waals surface area contributed by atoms with E-state index in [2.05, 4.69) is 39.9 Å². The molecule has 0 aliphatic rings. The molecule has 0 aromatic carbocycles. The lowest BCUT2D eigenvalue weighted by Crippen LogP contribution is -2.41. The summed E-state index contributed by atoms with van der Waals surface area (Å²) in [5.74, 6) is 0.139. The Bertz CT molecular complexity index is 259. The van der Waals surface area contributed by atoms with E-state index in [0.29, 0.717) is 5.41 Å². The van der Waals surface area contributed by atoms with Crippen molar-refractivity contribution in [3.05, 3.63) is 0 Å². The van der Waals surface area contributed by atoms with Gasteiger partial charge >= 0.3 is 0 Å². The minimum absolute atomic E-state index is 0.139. The lowest BCUT2D eigenvalue weighted by Gasteiger charge is -2.35. The predicted molar refractivity (Wildman–Crippen MR) is 74.9 cm³/mol. The van der Waals surface area contributed by atoms with Gasteiger partial charge in [-0.1, -0.05) is 61.8 Å². The number of carbonyl (C=O) groups is 1. The van der Waals surface area contributed by atoms with Crippen molar-refractivity contribution in [1.29, 1.82) is 0 Å². The van der Waals surface area contributed by atoms with Gasteiger partial charge in [-0.05, 0) is 17.3 Å². The Labute approximate surface area is 108 Å². The van der Waals surface area contributed by atoms with Crippen molar-refractivity contribution in [3.63, 3.8) is 0 Å². The molecule has 0 spiro atoms. The monoisotopic (exact) mass is 241 g/mol. The first-order chi connectivity index (χ1) is 7.40. The molecule has 1 N–H and O–H groups in total. The van der Waals surface area contributed by atoms with Gasteiger partial charge in [0.25, 0.3) is 0 Å². The summed E-state index contributed by atoms with van der Waals surface area (Å²) in [6, 6.07) is 0.